The first-order valence-corrected chi connectivity index (χ1v) is 4.48. The summed E-state index contributed by atoms with van der Waals surface area (Å²) >= 11 is 0. The number of amides is 1. The van der Waals surface area contributed by atoms with Crippen molar-refractivity contribution in [1.29, 1.82) is 0 Å². The monoisotopic (exact) mass is 224 g/mol. The van der Waals surface area contributed by atoms with Crippen LogP contribution in [0.2, 0.25) is 0 Å². The fourth-order valence-electron chi connectivity index (χ4n) is 1.49. The van der Waals surface area contributed by atoms with Crippen molar-refractivity contribution in [3.63, 3.8) is 0 Å². The number of hydrogen-bond donors (Lipinski definition) is 2. The lowest BCUT2D eigenvalue weighted by molar-refractivity contribution is -0.385. The molecule has 1 atom stereocenters. The van der Waals surface area contributed by atoms with Gasteiger partial charge in [0.25, 0.3) is 5.69 Å². The summed E-state index contributed by atoms with van der Waals surface area (Å²) in [6.45, 7) is 0.0492. The summed E-state index contributed by atoms with van der Waals surface area (Å²) in [5, 5.41) is 22.5. The SMILES string of the molecule is O=C1N[C@@H](c2cc([N+](=O)[O-])ccc2O)CO1. The van der Waals surface area contributed by atoms with Crippen LogP contribution in [-0.4, -0.2) is 22.7 Å². The van der Waals surface area contributed by atoms with E-state index in [0.717, 1.165) is 0 Å². The molecule has 0 saturated carbocycles. The molecule has 0 aliphatic carbocycles. The van der Waals surface area contributed by atoms with Crippen LogP contribution in [0.5, 0.6) is 5.75 Å². The smallest absolute Gasteiger partial charge is 0.407 e. The molecule has 1 amide bonds. The third-order valence-electron chi connectivity index (χ3n) is 2.27. The highest BCUT2D eigenvalue weighted by molar-refractivity contribution is 5.70. The summed E-state index contributed by atoms with van der Waals surface area (Å²) in [5.74, 6) is -0.110. The molecule has 1 aromatic carbocycles. The van der Waals surface area contributed by atoms with E-state index in [9.17, 15) is 20.0 Å². The number of nitrogens with one attached hydrogen (secondary N) is 1. The lowest BCUT2D eigenvalue weighted by Crippen LogP contribution is -2.18. The van der Waals surface area contributed by atoms with Crippen molar-refractivity contribution in [3.8, 4) is 5.75 Å². The van der Waals surface area contributed by atoms with Crippen molar-refractivity contribution in [1.82, 2.24) is 5.32 Å². The van der Waals surface area contributed by atoms with Crippen LogP contribution in [0, 0.1) is 10.1 Å². The van der Waals surface area contributed by atoms with Crippen molar-refractivity contribution >= 4 is 11.8 Å². The standard InChI is InChI=1S/C9H8N2O5/c12-8-2-1-5(11(14)15)3-6(8)7-4-16-9(13)10-7/h1-3,7,12H,4H2,(H,10,13)/t7-/m1/s1. The molecule has 0 radical (unpaired) electrons. The molecule has 84 valence electrons. The van der Waals surface area contributed by atoms with Crippen LogP contribution in [0.4, 0.5) is 10.5 Å². The Morgan fingerprint density at radius 2 is 2.31 bits per heavy atom. The lowest BCUT2D eigenvalue weighted by Gasteiger charge is -2.09. The zero-order chi connectivity index (χ0) is 11.7. The number of carbonyl (C=O) groups is 1. The molecule has 0 unspecified atom stereocenters. The number of alkyl carbamates (subject to hydrolysis) is 1. The first-order valence-electron chi connectivity index (χ1n) is 4.48. The zero-order valence-electron chi connectivity index (χ0n) is 8.04. The molecule has 1 aromatic rings. The predicted octanol–water partition coefficient (Wildman–Crippen LogP) is 1.08. The highest BCUT2D eigenvalue weighted by Crippen LogP contribution is 2.30. The van der Waals surface area contributed by atoms with Gasteiger partial charge >= 0.3 is 6.09 Å². The summed E-state index contributed by atoms with van der Waals surface area (Å²) in [4.78, 5) is 20.8. The Morgan fingerprint density at radius 3 is 2.88 bits per heavy atom. The number of nitrogens with zero attached hydrogens (tertiary/aromatic N) is 1. The first-order chi connectivity index (χ1) is 7.58. The molecule has 2 N–H and O–H groups in total. The molecule has 7 heteroatoms. The van der Waals surface area contributed by atoms with E-state index >= 15 is 0 Å². The summed E-state index contributed by atoms with van der Waals surface area (Å²) in [6.07, 6.45) is -0.601. The maximum absolute atomic E-state index is 10.8. The van der Waals surface area contributed by atoms with Gasteiger partial charge in [-0.25, -0.2) is 4.79 Å². The number of phenols is 1. The van der Waals surface area contributed by atoms with E-state index in [1.165, 1.54) is 18.2 Å². The molecule has 2 rings (SSSR count). The van der Waals surface area contributed by atoms with Crippen molar-refractivity contribution in [3.05, 3.63) is 33.9 Å². The maximum atomic E-state index is 10.8. The van der Waals surface area contributed by atoms with Gasteiger partial charge < -0.3 is 15.2 Å². The second-order valence-corrected chi connectivity index (χ2v) is 3.30. The van der Waals surface area contributed by atoms with Crippen molar-refractivity contribution in [2.75, 3.05) is 6.61 Å². The Morgan fingerprint density at radius 1 is 1.56 bits per heavy atom. The van der Waals surface area contributed by atoms with Crippen LogP contribution in [0.3, 0.4) is 0 Å². The normalized spacial score (nSPS) is 19.0. The number of nitro groups is 1. The molecule has 1 fully saturated rings. The molecule has 1 aliphatic heterocycles. The summed E-state index contributed by atoms with van der Waals surface area (Å²) < 4.78 is 4.64. The van der Waals surface area contributed by atoms with Gasteiger partial charge in [-0.3, -0.25) is 10.1 Å². The number of rotatable bonds is 2. The minimum atomic E-state index is -0.601. The minimum Gasteiger partial charge on any atom is -0.508 e. The Labute approximate surface area is 89.8 Å². The second-order valence-electron chi connectivity index (χ2n) is 3.30. The van der Waals surface area contributed by atoms with Crippen LogP contribution in [0.15, 0.2) is 18.2 Å². The van der Waals surface area contributed by atoms with E-state index in [0.29, 0.717) is 0 Å². The van der Waals surface area contributed by atoms with E-state index in [1.54, 1.807) is 0 Å². The maximum Gasteiger partial charge on any atom is 0.407 e. The van der Waals surface area contributed by atoms with Gasteiger partial charge in [-0.15, -0.1) is 0 Å². The quantitative estimate of drug-likeness (QED) is 0.578. The number of non-ortho nitro benzene ring substituents is 1. The van der Waals surface area contributed by atoms with Crippen LogP contribution in [0.1, 0.15) is 11.6 Å². The van der Waals surface area contributed by atoms with Crippen molar-refractivity contribution in [2.45, 2.75) is 6.04 Å². The average Bonchev–Trinajstić information content (AvgIpc) is 2.65. The molecule has 0 bridgehead atoms. The largest absolute Gasteiger partial charge is 0.508 e. The summed E-state index contributed by atoms with van der Waals surface area (Å²) in [6, 6.07) is 3.08. The topological polar surface area (TPSA) is 102 Å². The third kappa shape index (κ3) is 1.74. The number of nitro benzene ring substituents is 1. The number of carbonyl (C=O) groups excluding carboxylic acids is 1. The highest BCUT2D eigenvalue weighted by Gasteiger charge is 2.27. The number of cyclic esters (lactones) is 1. The number of aromatic hydroxyl groups is 1. The van der Waals surface area contributed by atoms with Gasteiger partial charge in [0, 0.05) is 17.7 Å². The van der Waals surface area contributed by atoms with Crippen molar-refractivity contribution < 1.29 is 19.6 Å². The van der Waals surface area contributed by atoms with E-state index in [1.807, 2.05) is 0 Å². The number of benzene rings is 1. The Balaban J connectivity index is 2.35. The predicted molar refractivity (Wildman–Crippen MR) is 52.0 cm³/mol. The van der Waals surface area contributed by atoms with Crippen LogP contribution in [0.25, 0.3) is 0 Å². The van der Waals surface area contributed by atoms with Gasteiger partial charge in [0.1, 0.15) is 12.4 Å². The van der Waals surface area contributed by atoms with Gasteiger partial charge in [0.2, 0.25) is 0 Å². The molecule has 0 spiro atoms. The van der Waals surface area contributed by atoms with Gasteiger partial charge in [0.15, 0.2) is 0 Å². The van der Waals surface area contributed by atoms with E-state index in [2.05, 4.69) is 10.1 Å². The third-order valence-corrected chi connectivity index (χ3v) is 2.27. The molecule has 0 aromatic heterocycles. The fourth-order valence-corrected chi connectivity index (χ4v) is 1.49. The van der Waals surface area contributed by atoms with Crippen LogP contribution >= 0.6 is 0 Å². The molecule has 1 saturated heterocycles. The minimum absolute atomic E-state index is 0.0492. The Hall–Kier alpha value is -2.31. The van der Waals surface area contributed by atoms with Gasteiger partial charge in [0.05, 0.1) is 11.0 Å². The molecule has 16 heavy (non-hydrogen) atoms. The number of phenolic OH excluding ortho intramolecular Hbond substituents is 1. The van der Waals surface area contributed by atoms with E-state index in [4.69, 9.17) is 0 Å². The Bertz CT molecular complexity index is 459. The molecular formula is C9H8N2O5. The second kappa shape index (κ2) is 3.69. The van der Waals surface area contributed by atoms with Gasteiger partial charge in [-0.2, -0.15) is 0 Å². The Kier molecular flexibility index (Phi) is 2.35. The van der Waals surface area contributed by atoms with E-state index in [-0.39, 0.29) is 23.6 Å². The first kappa shape index (κ1) is 10.2. The highest BCUT2D eigenvalue weighted by atomic mass is 16.6. The molecular weight excluding hydrogens is 216 g/mol. The van der Waals surface area contributed by atoms with Crippen molar-refractivity contribution in [2.24, 2.45) is 0 Å². The average molecular weight is 224 g/mol. The summed E-state index contributed by atoms with van der Waals surface area (Å²) in [7, 11) is 0. The van der Waals surface area contributed by atoms with Gasteiger partial charge in [-0.05, 0) is 6.07 Å². The molecule has 7 nitrogen and oxygen atoms in total. The molecule has 1 aliphatic rings. The number of ether oxygens (including phenoxy) is 1. The van der Waals surface area contributed by atoms with Crippen LogP contribution < -0.4 is 5.32 Å². The zero-order valence-corrected chi connectivity index (χ0v) is 8.04. The summed E-state index contributed by atoms with van der Waals surface area (Å²) in [5.41, 5.74) is 0.133. The van der Waals surface area contributed by atoms with Crippen LogP contribution in [-0.2, 0) is 4.74 Å². The number of hydrogen-bond acceptors (Lipinski definition) is 5. The lowest BCUT2D eigenvalue weighted by atomic mass is 10.1. The fraction of sp³-hybridized carbons (Fsp3) is 0.222. The van der Waals surface area contributed by atoms with Gasteiger partial charge in [-0.1, -0.05) is 0 Å². The molecule has 1 heterocycles. The van der Waals surface area contributed by atoms with E-state index < -0.39 is 17.1 Å².